The van der Waals surface area contributed by atoms with Crippen LogP contribution in [0.2, 0.25) is 0 Å². The maximum absolute atomic E-state index is 2.50. The standard InChI is InChI=1S/C23H19IS/c1-22(2)17-7-5-4-6-16(17)20-18(22)9-8-15-14-10-12-23(3,24)13-11-19(14)25-21(15)20/h4-13H,1-3H3. The van der Waals surface area contributed by atoms with Crippen LogP contribution in [0.3, 0.4) is 0 Å². The highest BCUT2D eigenvalue weighted by Gasteiger charge is 2.36. The largest absolute Gasteiger partial charge is 0.135 e. The zero-order valence-electron chi connectivity index (χ0n) is 14.6. The van der Waals surface area contributed by atoms with E-state index < -0.39 is 0 Å². The maximum Gasteiger partial charge on any atom is 0.0559 e. The Morgan fingerprint density at radius 2 is 1.64 bits per heavy atom. The minimum Gasteiger partial charge on any atom is -0.135 e. The third-order valence-electron chi connectivity index (χ3n) is 5.60. The first kappa shape index (κ1) is 15.8. The predicted octanol–water partition coefficient (Wildman–Crippen LogP) is 7.44. The second-order valence-corrected chi connectivity index (χ2v) is 11.1. The number of alkyl halides is 1. The minimum absolute atomic E-state index is 0.0773. The lowest BCUT2D eigenvalue weighted by Crippen LogP contribution is -2.14. The van der Waals surface area contributed by atoms with Gasteiger partial charge in [0.05, 0.1) is 3.42 Å². The van der Waals surface area contributed by atoms with Crippen molar-refractivity contribution in [2.75, 3.05) is 0 Å². The molecule has 124 valence electrons. The smallest absolute Gasteiger partial charge is 0.0559 e. The molecule has 0 fully saturated rings. The number of rotatable bonds is 0. The summed E-state index contributed by atoms with van der Waals surface area (Å²) in [7, 11) is 0. The lowest BCUT2D eigenvalue weighted by atomic mass is 9.82. The molecule has 1 atom stereocenters. The Hall–Kier alpha value is -1.39. The Kier molecular flexibility index (Phi) is 3.21. The summed E-state index contributed by atoms with van der Waals surface area (Å²) in [5, 5.41) is 1.39. The normalized spacial score (nSPS) is 22.6. The van der Waals surface area contributed by atoms with E-state index in [1.54, 1.807) is 0 Å². The molecule has 1 heterocycles. The first-order valence-corrected chi connectivity index (χ1v) is 10.6. The van der Waals surface area contributed by atoms with Gasteiger partial charge in [0.25, 0.3) is 0 Å². The highest BCUT2D eigenvalue weighted by Crippen LogP contribution is 2.53. The van der Waals surface area contributed by atoms with E-state index >= 15 is 0 Å². The van der Waals surface area contributed by atoms with Gasteiger partial charge in [0, 0.05) is 31.5 Å². The molecule has 0 N–H and O–H groups in total. The highest BCUT2D eigenvalue weighted by molar-refractivity contribution is 14.1. The van der Waals surface area contributed by atoms with Crippen molar-refractivity contribution in [2.45, 2.75) is 29.6 Å². The molecule has 2 aliphatic rings. The molecule has 5 rings (SSSR count). The van der Waals surface area contributed by atoms with E-state index in [4.69, 9.17) is 0 Å². The fraction of sp³-hybridized carbons (Fsp3) is 0.217. The quantitative estimate of drug-likeness (QED) is 0.245. The van der Waals surface area contributed by atoms with E-state index in [2.05, 4.69) is 104 Å². The van der Waals surface area contributed by atoms with Crippen LogP contribution in [0.15, 0.2) is 48.6 Å². The van der Waals surface area contributed by atoms with Crippen LogP contribution in [0.4, 0.5) is 0 Å². The predicted molar refractivity (Wildman–Crippen MR) is 120 cm³/mol. The second kappa shape index (κ2) is 5.08. The average Bonchev–Trinajstić information content (AvgIpc) is 2.99. The molecule has 3 aromatic rings. The molecular formula is C23H19IS. The third kappa shape index (κ3) is 2.16. The van der Waals surface area contributed by atoms with Gasteiger partial charge in [-0.3, -0.25) is 0 Å². The van der Waals surface area contributed by atoms with E-state index in [9.17, 15) is 0 Å². The van der Waals surface area contributed by atoms with Crippen molar-refractivity contribution in [3.63, 3.8) is 0 Å². The monoisotopic (exact) mass is 454 g/mol. The molecule has 0 saturated carbocycles. The van der Waals surface area contributed by atoms with Crippen LogP contribution in [-0.2, 0) is 5.41 Å². The van der Waals surface area contributed by atoms with Gasteiger partial charge in [-0.25, -0.2) is 0 Å². The molecule has 0 bridgehead atoms. The molecule has 0 nitrogen and oxygen atoms in total. The number of allylic oxidation sites excluding steroid dienone is 2. The van der Waals surface area contributed by atoms with Gasteiger partial charge in [0.1, 0.15) is 0 Å². The van der Waals surface area contributed by atoms with Gasteiger partial charge in [-0.15, -0.1) is 11.3 Å². The first-order valence-electron chi connectivity index (χ1n) is 8.66. The molecule has 0 saturated heterocycles. The summed E-state index contributed by atoms with van der Waals surface area (Å²) < 4.78 is 1.53. The van der Waals surface area contributed by atoms with E-state index in [0.29, 0.717) is 0 Å². The zero-order chi connectivity index (χ0) is 17.4. The Balaban J connectivity index is 1.87. The number of fused-ring (bicyclic) bond motifs is 7. The van der Waals surface area contributed by atoms with Crippen LogP contribution in [-0.4, -0.2) is 3.42 Å². The van der Waals surface area contributed by atoms with Crippen molar-refractivity contribution >= 4 is 56.2 Å². The first-order chi connectivity index (χ1) is 11.9. The van der Waals surface area contributed by atoms with E-state index in [0.717, 1.165) is 0 Å². The van der Waals surface area contributed by atoms with Crippen molar-refractivity contribution < 1.29 is 0 Å². The summed E-state index contributed by atoms with van der Waals surface area (Å²) in [5.41, 5.74) is 7.23. The fourth-order valence-corrected chi connectivity index (χ4v) is 5.83. The second-order valence-electron chi connectivity index (χ2n) is 7.73. The Bertz CT molecular complexity index is 1090. The third-order valence-corrected chi connectivity index (χ3v) is 7.53. The summed E-state index contributed by atoms with van der Waals surface area (Å²) in [6.07, 6.45) is 9.25. The number of hydrogen-bond donors (Lipinski definition) is 0. The van der Waals surface area contributed by atoms with Crippen LogP contribution in [0, 0.1) is 0 Å². The zero-order valence-corrected chi connectivity index (χ0v) is 17.5. The lowest BCUT2D eigenvalue weighted by molar-refractivity contribution is 0.661. The van der Waals surface area contributed by atoms with Gasteiger partial charge in [-0.2, -0.15) is 0 Å². The Morgan fingerprint density at radius 1 is 0.880 bits per heavy atom. The van der Waals surface area contributed by atoms with Crippen molar-refractivity contribution in [1.82, 2.24) is 0 Å². The van der Waals surface area contributed by atoms with Crippen molar-refractivity contribution in [3.8, 4) is 11.1 Å². The topological polar surface area (TPSA) is 0 Å². The molecule has 0 aliphatic heterocycles. The van der Waals surface area contributed by atoms with Gasteiger partial charge < -0.3 is 0 Å². The molecule has 1 unspecified atom stereocenters. The van der Waals surface area contributed by atoms with Crippen molar-refractivity contribution in [3.05, 3.63) is 70.1 Å². The van der Waals surface area contributed by atoms with Crippen LogP contribution in [0.25, 0.3) is 33.4 Å². The molecule has 2 aliphatic carbocycles. The van der Waals surface area contributed by atoms with Gasteiger partial charge in [0.2, 0.25) is 0 Å². The summed E-state index contributed by atoms with van der Waals surface area (Å²) in [4.78, 5) is 1.38. The number of hydrogen-bond acceptors (Lipinski definition) is 1. The van der Waals surface area contributed by atoms with Crippen LogP contribution < -0.4 is 0 Å². The van der Waals surface area contributed by atoms with Crippen molar-refractivity contribution in [1.29, 1.82) is 0 Å². The summed E-state index contributed by atoms with van der Waals surface area (Å²) in [5.74, 6) is 0. The average molecular weight is 454 g/mol. The van der Waals surface area contributed by atoms with E-state index in [1.165, 1.54) is 42.8 Å². The summed E-state index contributed by atoms with van der Waals surface area (Å²) in [6.45, 7) is 6.95. The Morgan fingerprint density at radius 3 is 2.48 bits per heavy atom. The van der Waals surface area contributed by atoms with Crippen LogP contribution in [0.1, 0.15) is 42.3 Å². The van der Waals surface area contributed by atoms with Gasteiger partial charge in [-0.05, 0) is 29.7 Å². The SMILES string of the molecule is CC1(I)C=Cc2sc3c4c(ccc3c2C=C1)C(C)(C)c1ccccc1-4. The molecule has 0 spiro atoms. The van der Waals surface area contributed by atoms with E-state index in [1.807, 2.05) is 11.3 Å². The lowest BCUT2D eigenvalue weighted by Gasteiger charge is -2.21. The molecule has 25 heavy (non-hydrogen) atoms. The van der Waals surface area contributed by atoms with Crippen molar-refractivity contribution in [2.24, 2.45) is 0 Å². The van der Waals surface area contributed by atoms with Crippen LogP contribution in [0.5, 0.6) is 0 Å². The molecule has 0 radical (unpaired) electrons. The highest BCUT2D eigenvalue weighted by atomic mass is 127. The minimum atomic E-state index is 0.0773. The van der Waals surface area contributed by atoms with Gasteiger partial charge >= 0.3 is 0 Å². The van der Waals surface area contributed by atoms with Gasteiger partial charge in [0.15, 0.2) is 0 Å². The maximum atomic E-state index is 2.50. The Labute approximate surface area is 166 Å². The van der Waals surface area contributed by atoms with Crippen LogP contribution >= 0.6 is 33.9 Å². The molecule has 1 aromatic heterocycles. The molecular weight excluding hydrogens is 435 g/mol. The van der Waals surface area contributed by atoms with Gasteiger partial charge in [-0.1, -0.05) is 91.1 Å². The molecule has 2 heteroatoms. The molecule has 0 amide bonds. The number of halogens is 1. The summed E-state index contributed by atoms with van der Waals surface area (Å²) >= 11 is 4.44. The fourth-order valence-electron chi connectivity index (χ4n) is 4.21. The number of benzene rings is 2. The summed E-state index contributed by atoms with van der Waals surface area (Å²) in [6, 6.07) is 13.6. The van der Waals surface area contributed by atoms with E-state index in [-0.39, 0.29) is 8.84 Å². The number of thiophene rings is 1. The molecule has 2 aromatic carbocycles.